The summed E-state index contributed by atoms with van der Waals surface area (Å²) < 4.78 is 26.8. The van der Waals surface area contributed by atoms with Gasteiger partial charge < -0.3 is 4.74 Å². The second-order valence-corrected chi connectivity index (χ2v) is 5.84. The number of benzene rings is 1. The summed E-state index contributed by atoms with van der Waals surface area (Å²) in [4.78, 5) is 0. The summed E-state index contributed by atoms with van der Waals surface area (Å²) in [5.41, 5.74) is 1.14. The molecule has 15 heavy (non-hydrogen) atoms. The van der Waals surface area contributed by atoms with E-state index >= 15 is 0 Å². The Bertz CT molecular complexity index is 392. The van der Waals surface area contributed by atoms with Crippen LogP contribution in [0, 0.1) is 0 Å². The van der Waals surface area contributed by atoms with Crippen molar-refractivity contribution in [2.45, 2.75) is 12.8 Å². The largest absolute Gasteiger partial charge is 0.497 e. The number of ether oxygens (including phenoxy) is 1. The minimum Gasteiger partial charge on any atom is -0.497 e. The van der Waals surface area contributed by atoms with E-state index in [0.717, 1.165) is 17.7 Å². The molecule has 0 aliphatic carbocycles. The molecule has 1 aromatic carbocycles. The van der Waals surface area contributed by atoms with Crippen LogP contribution < -0.4 is 4.74 Å². The smallest absolute Gasteiger partial charge is 0.147 e. The predicted molar refractivity (Wildman–Crippen MR) is 61.0 cm³/mol. The van der Waals surface area contributed by atoms with Gasteiger partial charge in [0.05, 0.1) is 12.9 Å². The minimum atomic E-state index is -2.83. The number of aryl methyl sites for hydroxylation is 1. The first-order valence-corrected chi connectivity index (χ1v) is 6.88. The van der Waals surface area contributed by atoms with Crippen molar-refractivity contribution in [3.63, 3.8) is 0 Å². The Labute approximate surface area is 91.0 Å². The highest BCUT2D eigenvalue weighted by molar-refractivity contribution is 7.90. The van der Waals surface area contributed by atoms with Gasteiger partial charge in [-0.3, -0.25) is 0 Å². The van der Waals surface area contributed by atoms with Crippen LogP contribution in [0.15, 0.2) is 24.3 Å². The van der Waals surface area contributed by atoms with Crippen molar-refractivity contribution in [3.05, 3.63) is 29.8 Å². The van der Waals surface area contributed by atoms with E-state index in [1.54, 1.807) is 7.11 Å². The van der Waals surface area contributed by atoms with E-state index in [0.29, 0.717) is 6.42 Å². The van der Waals surface area contributed by atoms with Crippen LogP contribution >= 0.6 is 0 Å². The average molecular weight is 228 g/mol. The highest BCUT2D eigenvalue weighted by Gasteiger charge is 2.02. The molecule has 0 aliphatic rings. The lowest BCUT2D eigenvalue weighted by molar-refractivity contribution is 0.414. The molecule has 0 spiro atoms. The van der Waals surface area contributed by atoms with Crippen molar-refractivity contribution in [3.8, 4) is 5.75 Å². The zero-order chi connectivity index (χ0) is 11.3. The number of rotatable bonds is 5. The molecule has 0 aromatic heterocycles. The summed E-state index contributed by atoms with van der Waals surface area (Å²) in [5.74, 6) is 1.07. The van der Waals surface area contributed by atoms with E-state index in [9.17, 15) is 8.42 Å². The van der Waals surface area contributed by atoms with Gasteiger partial charge >= 0.3 is 0 Å². The Morgan fingerprint density at radius 2 is 1.80 bits per heavy atom. The van der Waals surface area contributed by atoms with Gasteiger partial charge in [0, 0.05) is 6.26 Å². The third-order valence-electron chi connectivity index (χ3n) is 2.14. The molecule has 1 aromatic rings. The molecule has 0 atom stereocenters. The van der Waals surface area contributed by atoms with Gasteiger partial charge in [-0.2, -0.15) is 0 Å². The van der Waals surface area contributed by atoms with Crippen molar-refractivity contribution >= 4 is 9.84 Å². The zero-order valence-corrected chi connectivity index (χ0v) is 9.88. The SMILES string of the molecule is COc1ccc(CCCS(C)(=O)=O)cc1. The molecular weight excluding hydrogens is 212 g/mol. The molecule has 0 unspecified atom stereocenters. The molecule has 84 valence electrons. The third kappa shape index (κ3) is 4.83. The predicted octanol–water partition coefficient (Wildman–Crippen LogP) is 1.67. The van der Waals surface area contributed by atoms with Gasteiger partial charge in [0.25, 0.3) is 0 Å². The summed E-state index contributed by atoms with van der Waals surface area (Å²) in [6, 6.07) is 7.69. The molecule has 1 rings (SSSR count). The van der Waals surface area contributed by atoms with Crippen LogP contribution in [0.3, 0.4) is 0 Å². The Hall–Kier alpha value is -1.03. The number of methoxy groups -OCH3 is 1. The van der Waals surface area contributed by atoms with Crippen molar-refractivity contribution < 1.29 is 13.2 Å². The van der Waals surface area contributed by atoms with Crippen molar-refractivity contribution in [1.82, 2.24) is 0 Å². The number of hydrogen-bond donors (Lipinski definition) is 0. The van der Waals surface area contributed by atoms with E-state index in [2.05, 4.69) is 0 Å². The first-order valence-electron chi connectivity index (χ1n) is 4.82. The first kappa shape index (κ1) is 12.0. The fourth-order valence-electron chi connectivity index (χ4n) is 1.33. The van der Waals surface area contributed by atoms with E-state index in [4.69, 9.17) is 4.74 Å². The molecular formula is C11H16O3S. The number of sulfone groups is 1. The van der Waals surface area contributed by atoms with Gasteiger partial charge in [0.15, 0.2) is 0 Å². The van der Waals surface area contributed by atoms with Crippen molar-refractivity contribution in [1.29, 1.82) is 0 Å². The second-order valence-electron chi connectivity index (χ2n) is 3.58. The minimum absolute atomic E-state index is 0.249. The van der Waals surface area contributed by atoms with Crippen LogP contribution in [0.2, 0.25) is 0 Å². The van der Waals surface area contributed by atoms with Crippen LogP contribution in [0.4, 0.5) is 0 Å². The average Bonchev–Trinajstić information content (AvgIpc) is 2.17. The summed E-state index contributed by atoms with van der Waals surface area (Å²) in [5, 5.41) is 0. The zero-order valence-electron chi connectivity index (χ0n) is 9.06. The van der Waals surface area contributed by atoms with E-state index < -0.39 is 9.84 Å². The molecule has 0 saturated carbocycles. The molecule has 0 radical (unpaired) electrons. The molecule has 0 heterocycles. The summed E-state index contributed by atoms with van der Waals surface area (Å²) in [6.45, 7) is 0. The lowest BCUT2D eigenvalue weighted by Gasteiger charge is -2.02. The van der Waals surface area contributed by atoms with E-state index in [-0.39, 0.29) is 5.75 Å². The van der Waals surface area contributed by atoms with E-state index in [1.807, 2.05) is 24.3 Å². The lowest BCUT2D eigenvalue weighted by atomic mass is 10.1. The van der Waals surface area contributed by atoms with Gasteiger partial charge in [-0.15, -0.1) is 0 Å². The normalized spacial score (nSPS) is 11.3. The van der Waals surface area contributed by atoms with Crippen LogP contribution in [0.25, 0.3) is 0 Å². The molecule has 0 fully saturated rings. The van der Waals surface area contributed by atoms with Gasteiger partial charge in [-0.1, -0.05) is 12.1 Å². The molecule has 0 amide bonds. The van der Waals surface area contributed by atoms with Crippen LogP contribution in [0.5, 0.6) is 5.75 Å². The van der Waals surface area contributed by atoms with Gasteiger partial charge in [0.1, 0.15) is 15.6 Å². The highest BCUT2D eigenvalue weighted by Crippen LogP contribution is 2.12. The van der Waals surface area contributed by atoms with Crippen LogP contribution in [-0.4, -0.2) is 27.5 Å². The molecule has 0 bridgehead atoms. The molecule has 0 aliphatic heterocycles. The molecule has 0 N–H and O–H groups in total. The Morgan fingerprint density at radius 3 is 2.27 bits per heavy atom. The molecule has 4 heteroatoms. The van der Waals surface area contributed by atoms with E-state index in [1.165, 1.54) is 6.26 Å². The molecule has 0 saturated heterocycles. The third-order valence-corrected chi connectivity index (χ3v) is 3.17. The second kappa shape index (κ2) is 5.16. The fourth-order valence-corrected chi connectivity index (χ4v) is 2.00. The van der Waals surface area contributed by atoms with Gasteiger partial charge in [0.2, 0.25) is 0 Å². The Morgan fingerprint density at radius 1 is 1.20 bits per heavy atom. The van der Waals surface area contributed by atoms with Gasteiger partial charge in [-0.05, 0) is 30.5 Å². The first-order chi connectivity index (χ1) is 7.01. The molecule has 3 nitrogen and oxygen atoms in total. The van der Waals surface area contributed by atoms with Crippen LogP contribution in [-0.2, 0) is 16.3 Å². The topological polar surface area (TPSA) is 43.4 Å². The number of hydrogen-bond acceptors (Lipinski definition) is 3. The van der Waals surface area contributed by atoms with Crippen molar-refractivity contribution in [2.75, 3.05) is 19.1 Å². The van der Waals surface area contributed by atoms with Gasteiger partial charge in [-0.25, -0.2) is 8.42 Å². The monoisotopic (exact) mass is 228 g/mol. The summed E-state index contributed by atoms with van der Waals surface area (Å²) in [7, 11) is -1.21. The fraction of sp³-hybridized carbons (Fsp3) is 0.455. The maximum atomic E-state index is 10.9. The standard InChI is InChI=1S/C11H16O3S/c1-14-11-7-5-10(6-8-11)4-3-9-15(2,12)13/h5-8H,3-4,9H2,1-2H3. The summed E-state index contributed by atoms with van der Waals surface area (Å²) >= 11 is 0. The maximum Gasteiger partial charge on any atom is 0.147 e. The lowest BCUT2D eigenvalue weighted by Crippen LogP contribution is -2.03. The Kier molecular flexibility index (Phi) is 4.15. The Balaban J connectivity index is 2.45. The summed E-state index contributed by atoms with van der Waals surface area (Å²) in [6.07, 6.45) is 2.73. The van der Waals surface area contributed by atoms with Crippen molar-refractivity contribution in [2.24, 2.45) is 0 Å². The maximum absolute atomic E-state index is 10.9. The quantitative estimate of drug-likeness (QED) is 0.770. The van der Waals surface area contributed by atoms with Crippen LogP contribution in [0.1, 0.15) is 12.0 Å². The highest BCUT2D eigenvalue weighted by atomic mass is 32.2.